The summed E-state index contributed by atoms with van der Waals surface area (Å²) in [5.74, 6) is 0.290. The number of amides is 1. The highest BCUT2D eigenvalue weighted by molar-refractivity contribution is 7.93. The monoisotopic (exact) mass is 452 g/mol. The number of hydrogen-bond acceptors (Lipinski definition) is 5. The molecule has 0 bridgehead atoms. The van der Waals surface area contributed by atoms with Crippen LogP contribution in [0, 0.1) is 18.3 Å². The van der Waals surface area contributed by atoms with Gasteiger partial charge in [-0.15, -0.1) is 0 Å². The maximum absolute atomic E-state index is 13.1. The number of nitrogens with zero attached hydrogens (tertiary/aromatic N) is 2. The lowest BCUT2D eigenvalue weighted by Crippen LogP contribution is -2.38. The molecule has 2 aliphatic heterocycles. The molecule has 4 rings (SSSR count). The van der Waals surface area contributed by atoms with Crippen LogP contribution in [0.3, 0.4) is 0 Å². The molecule has 2 aromatic rings. The Morgan fingerprint density at radius 3 is 2.47 bits per heavy atom. The van der Waals surface area contributed by atoms with Crippen molar-refractivity contribution in [1.82, 2.24) is 10.2 Å². The van der Waals surface area contributed by atoms with E-state index in [0.29, 0.717) is 55.3 Å². The van der Waals surface area contributed by atoms with E-state index in [9.17, 15) is 13.2 Å². The largest absolute Gasteiger partial charge is 0.339 e. The lowest BCUT2D eigenvalue weighted by atomic mass is 9.89. The van der Waals surface area contributed by atoms with Gasteiger partial charge >= 0.3 is 0 Å². The zero-order valence-corrected chi connectivity index (χ0v) is 19.0. The van der Waals surface area contributed by atoms with E-state index in [0.717, 1.165) is 18.4 Å². The zero-order chi connectivity index (χ0) is 22.7. The van der Waals surface area contributed by atoms with Gasteiger partial charge in [0, 0.05) is 25.2 Å². The molecule has 0 radical (unpaired) electrons. The first kappa shape index (κ1) is 22.3. The molecule has 2 heterocycles. The standard InChI is InChI=1S/C24H28N4O3S/c1-17-2-5-21(14-23(17)27-32(30,31)22-8-11-26-16-22)24(29)28-12-9-20(10-13-28)19-6-3-18(15-25)4-7-19/h2-7,14,20,22,26-27H,8-13,16H2,1H3/t22-/m0/s1. The highest BCUT2D eigenvalue weighted by atomic mass is 32.2. The molecule has 1 amide bonds. The van der Waals surface area contributed by atoms with Gasteiger partial charge in [0.2, 0.25) is 10.0 Å². The van der Waals surface area contributed by atoms with Crippen LogP contribution in [0.25, 0.3) is 0 Å². The Labute approximate surface area is 189 Å². The molecular weight excluding hydrogens is 424 g/mol. The van der Waals surface area contributed by atoms with Gasteiger partial charge in [0.1, 0.15) is 0 Å². The molecule has 0 spiro atoms. The highest BCUT2D eigenvalue weighted by Crippen LogP contribution is 2.29. The van der Waals surface area contributed by atoms with Crippen molar-refractivity contribution in [2.75, 3.05) is 30.9 Å². The topological polar surface area (TPSA) is 102 Å². The molecule has 7 nitrogen and oxygen atoms in total. The third-order valence-corrected chi connectivity index (χ3v) is 8.27. The predicted octanol–water partition coefficient (Wildman–Crippen LogP) is 2.99. The third-order valence-electron chi connectivity index (χ3n) is 6.48. The summed E-state index contributed by atoms with van der Waals surface area (Å²) in [6, 6.07) is 15.0. The number of likely N-dealkylation sites (tertiary alicyclic amines) is 1. The van der Waals surface area contributed by atoms with E-state index in [1.807, 2.05) is 36.1 Å². The van der Waals surface area contributed by atoms with Crippen LogP contribution in [-0.4, -0.2) is 50.7 Å². The molecule has 32 heavy (non-hydrogen) atoms. The van der Waals surface area contributed by atoms with Gasteiger partial charge in [0.25, 0.3) is 5.91 Å². The lowest BCUT2D eigenvalue weighted by molar-refractivity contribution is 0.0713. The number of carbonyl (C=O) groups excluding carboxylic acids is 1. The van der Waals surface area contributed by atoms with E-state index < -0.39 is 15.3 Å². The van der Waals surface area contributed by atoms with Crippen molar-refractivity contribution < 1.29 is 13.2 Å². The molecule has 0 aromatic heterocycles. The number of nitriles is 1. The Morgan fingerprint density at radius 1 is 1.12 bits per heavy atom. The van der Waals surface area contributed by atoms with E-state index in [1.165, 1.54) is 5.56 Å². The molecule has 2 fully saturated rings. The van der Waals surface area contributed by atoms with E-state index in [1.54, 1.807) is 18.2 Å². The number of piperidine rings is 1. The first-order valence-electron chi connectivity index (χ1n) is 11.0. The maximum atomic E-state index is 13.1. The number of nitrogens with one attached hydrogen (secondary N) is 2. The molecule has 0 saturated carbocycles. The zero-order valence-electron chi connectivity index (χ0n) is 18.2. The summed E-state index contributed by atoms with van der Waals surface area (Å²) < 4.78 is 28.1. The number of aryl methyl sites for hydroxylation is 1. The van der Waals surface area contributed by atoms with Crippen molar-refractivity contribution in [2.45, 2.75) is 37.4 Å². The Kier molecular flexibility index (Phi) is 6.49. The van der Waals surface area contributed by atoms with E-state index >= 15 is 0 Å². The van der Waals surface area contributed by atoms with Crippen LogP contribution >= 0.6 is 0 Å². The second-order valence-corrected chi connectivity index (χ2v) is 10.6. The predicted molar refractivity (Wildman–Crippen MR) is 124 cm³/mol. The molecule has 2 saturated heterocycles. The summed E-state index contributed by atoms with van der Waals surface area (Å²) in [4.78, 5) is 15.0. The maximum Gasteiger partial charge on any atom is 0.253 e. The average Bonchev–Trinajstić information content (AvgIpc) is 3.36. The Hall–Kier alpha value is -2.89. The summed E-state index contributed by atoms with van der Waals surface area (Å²) in [7, 11) is -3.50. The van der Waals surface area contributed by atoms with Gasteiger partial charge in [-0.05, 0) is 74.0 Å². The van der Waals surface area contributed by atoms with Crippen LogP contribution in [0.1, 0.15) is 52.2 Å². The van der Waals surface area contributed by atoms with Crippen LogP contribution in [0.15, 0.2) is 42.5 Å². The van der Waals surface area contributed by atoms with Crippen molar-refractivity contribution in [3.05, 3.63) is 64.7 Å². The van der Waals surface area contributed by atoms with Crippen molar-refractivity contribution >= 4 is 21.6 Å². The van der Waals surface area contributed by atoms with Crippen LogP contribution in [0.5, 0.6) is 0 Å². The van der Waals surface area contributed by atoms with Gasteiger partial charge in [-0.2, -0.15) is 5.26 Å². The van der Waals surface area contributed by atoms with E-state index in [2.05, 4.69) is 16.1 Å². The van der Waals surface area contributed by atoms with Gasteiger partial charge in [-0.1, -0.05) is 18.2 Å². The number of sulfonamides is 1. The van der Waals surface area contributed by atoms with Gasteiger partial charge in [0.05, 0.1) is 22.6 Å². The second-order valence-electron chi connectivity index (χ2n) is 8.59. The van der Waals surface area contributed by atoms with E-state index in [4.69, 9.17) is 5.26 Å². The molecule has 2 aromatic carbocycles. The van der Waals surface area contributed by atoms with Crippen molar-refractivity contribution in [1.29, 1.82) is 5.26 Å². The van der Waals surface area contributed by atoms with Gasteiger partial charge < -0.3 is 10.2 Å². The summed E-state index contributed by atoms with van der Waals surface area (Å²) in [6.45, 7) is 4.27. The van der Waals surface area contributed by atoms with Crippen LogP contribution in [0.4, 0.5) is 5.69 Å². The van der Waals surface area contributed by atoms with Gasteiger partial charge in [-0.25, -0.2) is 8.42 Å². The molecule has 0 unspecified atom stereocenters. The quantitative estimate of drug-likeness (QED) is 0.726. The molecule has 0 aliphatic carbocycles. The summed E-state index contributed by atoms with van der Waals surface area (Å²) in [5.41, 5.74) is 3.60. The number of rotatable bonds is 5. The Morgan fingerprint density at radius 2 is 1.84 bits per heavy atom. The summed E-state index contributed by atoms with van der Waals surface area (Å²) in [6.07, 6.45) is 2.30. The smallest absolute Gasteiger partial charge is 0.253 e. The minimum Gasteiger partial charge on any atom is -0.339 e. The number of carbonyl (C=O) groups is 1. The third kappa shape index (κ3) is 4.79. The van der Waals surface area contributed by atoms with Crippen molar-refractivity contribution in [3.8, 4) is 6.07 Å². The molecule has 8 heteroatoms. The molecule has 2 aliphatic rings. The molecule has 1 atom stereocenters. The fourth-order valence-corrected chi connectivity index (χ4v) is 5.88. The van der Waals surface area contributed by atoms with Gasteiger partial charge in [0.15, 0.2) is 0 Å². The normalized spacial score (nSPS) is 19.5. The van der Waals surface area contributed by atoms with Crippen molar-refractivity contribution in [2.24, 2.45) is 0 Å². The van der Waals surface area contributed by atoms with Gasteiger partial charge in [-0.3, -0.25) is 9.52 Å². The van der Waals surface area contributed by atoms with Crippen LogP contribution in [-0.2, 0) is 10.0 Å². The number of hydrogen-bond donors (Lipinski definition) is 2. The molecule has 2 N–H and O–H groups in total. The van der Waals surface area contributed by atoms with Crippen LogP contribution in [0.2, 0.25) is 0 Å². The fraction of sp³-hybridized carbons (Fsp3) is 0.417. The lowest BCUT2D eigenvalue weighted by Gasteiger charge is -2.32. The number of anilines is 1. The molecular formula is C24H28N4O3S. The highest BCUT2D eigenvalue weighted by Gasteiger charge is 2.29. The fourth-order valence-electron chi connectivity index (χ4n) is 4.42. The first-order chi connectivity index (χ1) is 15.4. The minimum absolute atomic E-state index is 0.0775. The Bertz CT molecular complexity index is 1120. The molecule has 168 valence electrons. The SMILES string of the molecule is Cc1ccc(C(=O)N2CCC(c3ccc(C#N)cc3)CC2)cc1NS(=O)(=O)[C@H]1CCNC1. The van der Waals surface area contributed by atoms with E-state index in [-0.39, 0.29) is 5.91 Å². The Balaban J connectivity index is 1.42. The second kappa shape index (κ2) is 9.31. The summed E-state index contributed by atoms with van der Waals surface area (Å²) in [5, 5.41) is 11.6. The average molecular weight is 453 g/mol. The summed E-state index contributed by atoms with van der Waals surface area (Å²) >= 11 is 0. The van der Waals surface area contributed by atoms with Crippen molar-refractivity contribution in [3.63, 3.8) is 0 Å². The minimum atomic E-state index is -3.50. The van der Waals surface area contributed by atoms with Crippen LogP contribution < -0.4 is 10.0 Å². The first-order valence-corrected chi connectivity index (χ1v) is 12.5. The number of benzene rings is 2.